The summed E-state index contributed by atoms with van der Waals surface area (Å²) in [5.41, 5.74) is 3.35. The van der Waals surface area contributed by atoms with E-state index in [1.807, 2.05) is 23.1 Å². The van der Waals surface area contributed by atoms with Gasteiger partial charge in [-0.1, -0.05) is 25.4 Å². The van der Waals surface area contributed by atoms with Crippen LogP contribution in [0.2, 0.25) is 5.02 Å². The molecule has 4 rings (SSSR count). The Morgan fingerprint density at radius 3 is 2.69 bits per heavy atom. The summed E-state index contributed by atoms with van der Waals surface area (Å²) in [6.07, 6.45) is 0.0468. The number of nitrogens with zero attached hydrogens (tertiary/aromatic N) is 2. The van der Waals surface area contributed by atoms with E-state index in [0.29, 0.717) is 50.0 Å². The number of rotatable bonds is 6. The number of hydrogen-bond acceptors (Lipinski definition) is 3. The fourth-order valence-electron chi connectivity index (χ4n) is 5.02. The fourth-order valence-corrected chi connectivity index (χ4v) is 5.19. The van der Waals surface area contributed by atoms with Crippen molar-refractivity contribution in [2.24, 2.45) is 11.8 Å². The molecule has 0 saturated carbocycles. The maximum Gasteiger partial charge on any atom is 0.410 e. The van der Waals surface area contributed by atoms with Crippen molar-refractivity contribution in [3.8, 4) is 0 Å². The van der Waals surface area contributed by atoms with Crippen LogP contribution in [0.15, 0.2) is 18.2 Å². The van der Waals surface area contributed by atoms with Gasteiger partial charge >= 0.3 is 6.09 Å². The molecule has 0 radical (unpaired) electrons. The van der Waals surface area contributed by atoms with Crippen LogP contribution in [-0.4, -0.2) is 60.1 Å². The molecule has 1 aromatic carbocycles. The number of carbonyl (C=O) groups is 1. The van der Waals surface area contributed by atoms with Crippen molar-refractivity contribution in [2.45, 2.75) is 52.0 Å². The quantitative estimate of drug-likeness (QED) is 0.577. The van der Waals surface area contributed by atoms with Gasteiger partial charge < -0.3 is 9.72 Å². The number of halogens is 3. The van der Waals surface area contributed by atoms with Crippen molar-refractivity contribution in [3.05, 3.63) is 34.5 Å². The molecule has 32 heavy (non-hydrogen) atoms. The number of H-pyrrole nitrogens is 1. The molecule has 1 atom stereocenters. The standard InChI is InChI=1S/C24H32ClF2N3O2/c1-15(2)13-21-22-18(19-14-17(25)3-4-20(19)28-22)7-10-30(21)24(31)32-12-11-29-8-5-16(6-9-29)23(26)27/h3-4,14-16,21,23,28H,5-13H2,1-2H3. The van der Waals surface area contributed by atoms with E-state index >= 15 is 0 Å². The van der Waals surface area contributed by atoms with Gasteiger partial charge in [0.15, 0.2) is 0 Å². The molecule has 1 unspecified atom stereocenters. The van der Waals surface area contributed by atoms with E-state index in [9.17, 15) is 13.6 Å². The summed E-state index contributed by atoms with van der Waals surface area (Å²) in [7, 11) is 0. The normalized spacial score (nSPS) is 20.3. The van der Waals surface area contributed by atoms with Gasteiger partial charge in [-0.05, 0) is 68.5 Å². The van der Waals surface area contributed by atoms with Crippen molar-refractivity contribution in [1.82, 2.24) is 14.8 Å². The van der Waals surface area contributed by atoms with Crippen molar-refractivity contribution in [1.29, 1.82) is 0 Å². The van der Waals surface area contributed by atoms with Crippen LogP contribution in [-0.2, 0) is 11.2 Å². The lowest BCUT2D eigenvalue weighted by molar-refractivity contribution is 0.0268. The summed E-state index contributed by atoms with van der Waals surface area (Å²) >= 11 is 6.22. The molecule has 0 aliphatic carbocycles. The van der Waals surface area contributed by atoms with Gasteiger partial charge in [-0.15, -0.1) is 0 Å². The number of likely N-dealkylation sites (tertiary alicyclic amines) is 1. The monoisotopic (exact) mass is 467 g/mol. The molecule has 5 nitrogen and oxygen atoms in total. The number of fused-ring (bicyclic) bond motifs is 3. The van der Waals surface area contributed by atoms with E-state index in [2.05, 4.69) is 23.7 Å². The van der Waals surface area contributed by atoms with Crippen LogP contribution in [0.3, 0.4) is 0 Å². The average molecular weight is 468 g/mol. The minimum Gasteiger partial charge on any atom is -0.448 e. The lowest BCUT2D eigenvalue weighted by atomic mass is 9.92. The molecule has 2 aliphatic heterocycles. The number of hydrogen-bond donors (Lipinski definition) is 1. The van der Waals surface area contributed by atoms with Crippen LogP contribution in [0.1, 0.15) is 50.4 Å². The van der Waals surface area contributed by atoms with Crippen molar-refractivity contribution < 1.29 is 18.3 Å². The molecule has 0 spiro atoms. The minimum atomic E-state index is -2.24. The summed E-state index contributed by atoms with van der Waals surface area (Å²) in [5.74, 6) is -0.0910. The number of amides is 1. The molecule has 3 heterocycles. The summed E-state index contributed by atoms with van der Waals surface area (Å²) in [5, 5.41) is 1.83. The van der Waals surface area contributed by atoms with Crippen LogP contribution in [0.4, 0.5) is 13.6 Å². The second-order valence-corrected chi connectivity index (χ2v) is 9.86. The minimum absolute atomic E-state index is 0.0702. The van der Waals surface area contributed by atoms with Gasteiger partial charge in [-0.3, -0.25) is 9.80 Å². The predicted octanol–water partition coefficient (Wildman–Crippen LogP) is 5.88. The zero-order valence-corrected chi connectivity index (χ0v) is 19.5. The maximum atomic E-state index is 13.0. The van der Waals surface area contributed by atoms with Crippen LogP contribution in [0, 0.1) is 11.8 Å². The van der Waals surface area contributed by atoms with E-state index < -0.39 is 12.3 Å². The zero-order chi connectivity index (χ0) is 22.8. The SMILES string of the molecule is CC(C)CC1c2[nH]c3ccc(Cl)cc3c2CCN1C(=O)OCCN1CCC(C(F)F)CC1. The van der Waals surface area contributed by atoms with Gasteiger partial charge in [-0.2, -0.15) is 0 Å². The number of carbonyl (C=O) groups excluding carboxylic acids is 1. The van der Waals surface area contributed by atoms with Crippen LogP contribution >= 0.6 is 11.6 Å². The van der Waals surface area contributed by atoms with E-state index in [4.69, 9.17) is 16.3 Å². The molecule has 176 valence electrons. The molecule has 8 heteroatoms. The highest BCUT2D eigenvalue weighted by Gasteiger charge is 2.35. The number of benzene rings is 1. The van der Waals surface area contributed by atoms with Gasteiger partial charge in [0, 0.05) is 40.6 Å². The average Bonchev–Trinajstić information content (AvgIpc) is 3.12. The molecule has 1 saturated heterocycles. The topological polar surface area (TPSA) is 48.6 Å². The molecule has 1 amide bonds. The van der Waals surface area contributed by atoms with E-state index in [1.54, 1.807) is 0 Å². The summed E-state index contributed by atoms with van der Waals surface area (Å²) in [6.45, 7) is 7.03. The highest BCUT2D eigenvalue weighted by atomic mass is 35.5. The first-order valence-corrected chi connectivity index (χ1v) is 11.9. The Hall–Kier alpha value is -1.86. The largest absolute Gasteiger partial charge is 0.448 e. The summed E-state index contributed by atoms with van der Waals surface area (Å²) in [4.78, 5) is 20.5. The first-order chi connectivity index (χ1) is 15.3. The van der Waals surface area contributed by atoms with Crippen LogP contribution in [0.25, 0.3) is 10.9 Å². The summed E-state index contributed by atoms with van der Waals surface area (Å²) in [6, 6.07) is 5.78. The Bertz CT molecular complexity index is 941. The number of alkyl halides is 2. The maximum absolute atomic E-state index is 13.0. The van der Waals surface area contributed by atoms with Gasteiger partial charge in [0.25, 0.3) is 0 Å². The van der Waals surface area contributed by atoms with E-state index in [0.717, 1.165) is 29.4 Å². The molecule has 2 aliphatic rings. The molecule has 2 aromatic rings. The van der Waals surface area contributed by atoms with Gasteiger partial charge in [0.1, 0.15) is 6.61 Å². The van der Waals surface area contributed by atoms with Crippen LogP contribution in [0.5, 0.6) is 0 Å². The van der Waals surface area contributed by atoms with Gasteiger partial charge in [0.2, 0.25) is 6.43 Å². The Labute approximate surface area is 193 Å². The molecule has 1 aromatic heterocycles. The highest BCUT2D eigenvalue weighted by Crippen LogP contribution is 2.38. The number of piperidine rings is 1. The van der Waals surface area contributed by atoms with E-state index in [1.165, 1.54) is 5.56 Å². The third-order valence-corrected chi connectivity index (χ3v) is 7.00. The van der Waals surface area contributed by atoms with Crippen molar-refractivity contribution in [2.75, 3.05) is 32.8 Å². The van der Waals surface area contributed by atoms with Crippen molar-refractivity contribution in [3.63, 3.8) is 0 Å². The molecule has 1 fully saturated rings. The molecular formula is C24H32ClF2N3O2. The number of ether oxygens (including phenoxy) is 1. The highest BCUT2D eigenvalue weighted by molar-refractivity contribution is 6.31. The Kier molecular flexibility index (Phi) is 7.25. The third-order valence-electron chi connectivity index (χ3n) is 6.76. The second-order valence-electron chi connectivity index (χ2n) is 9.42. The fraction of sp³-hybridized carbons (Fsp3) is 0.625. The first-order valence-electron chi connectivity index (χ1n) is 11.6. The predicted molar refractivity (Wildman–Crippen MR) is 122 cm³/mol. The number of aromatic amines is 1. The smallest absolute Gasteiger partial charge is 0.410 e. The molecule has 1 N–H and O–H groups in total. The summed E-state index contributed by atoms with van der Waals surface area (Å²) < 4.78 is 31.3. The second kappa shape index (κ2) is 9.96. The molecular weight excluding hydrogens is 436 g/mol. The van der Waals surface area contributed by atoms with Crippen molar-refractivity contribution >= 4 is 28.6 Å². The van der Waals surface area contributed by atoms with Gasteiger partial charge in [0.05, 0.1) is 6.04 Å². The Balaban J connectivity index is 1.40. The number of aromatic nitrogens is 1. The van der Waals surface area contributed by atoms with Crippen LogP contribution < -0.4 is 0 Å². The van der Waals surface area contributed by atoms with E-state index in [-0.39, 0.29) is 18.7 Å². The third kappa shape index (κ3) is 5.04. The Morgan fingerprint density at radius 1 is 1.25 bits per heavy atom. The number of nitrogens with one attached hydrogen (secondary N) is 1. The first kappa shape index (κ1) is 23.3. The lowest BCUT2D eigenvalue weighted by Gasteiger charge is -2.36. The zero-order valence-electron chi connectivity index (χ0n) is 18.8. The lowest BCUT2D eigenvalue weighted by Crippen LogP contribution is -2.42. The Morgan fingerprint density at radius 2 is 2.00 bits per heavy atom. The van der Waals surface area contributed by atoms with Gasteiger partial charge in [-0.25, -0.2) is 13.6 Å². The molecule has 0 bridgehead atoms.